The lowest BCUT2D eigenvalue weighted by Crippen LogP contribution is -2.41. The maximum atomic E-state index is 4.48. The number of likely N-dealkylation sites (tertiary alicyclic amines) is 1. The smallest absolute Gasteiger partial charge is 0.193 e. The van der Waals surface area contributed by atoms with Crippen molar-refractivity contribution in [2.24, 2.45) is 16.8 Å². The van der Waals surface area contributed by atoms with Gasteiger partial charge in [-0.1, -0.05) is 32.8 Å². The summed E-state index contributed by atoms with van der Waals surface area (Å²) in [7, 11) is 1.89. The Hall–Kier alpha value is -0.850. The van der Waals surface area contributed by atoms with E-state index in [1.807, 2.05) is 20.2 Å². The number of hydrogen-bond acceptors (Lipinski definition) is 2. The first-order chi connectivity index (χ1) is 11.2. The zero-order valence-corrected chi connectivity index (χ0v) is 17.9. The van der Waals surface area contributed by atoms with E-state index in [4.69, 9.17) is 0 Å². The van der Waals surface area contributed by atoms with E-state index >= 15 is 0 Å². The summed E-state index contributed by atoms with van der Waals surface area (Å²) < 4.78 is 0. The minimum atomic E-state index is 0. The van der Waals surface area contributed by atoms with Crippen molar-refractivity contribution in [3.05, 3.63) is 29.6 Å². The molecule has 0 radical (unpaired) electrons. The second-order valence-corrected chi connectivity index (χ2v) is 6.60. The van der Waals surface area contributed by atoms with E-state index < -0.39 is 0 Å². The number of nitrogens with one attached hydrogen (secondary N) is 1. The molecular formula is C19H33IN4. The summed E-state index contributed by atoms with van der Waals surface area (Å²) in [4.78, 5) is 11.3. The average molecular weight is 444 g/mol. The van der Waals surface area contributed by atoms with Crippen molar-refractivity contribution in [3.63, 3.8) is 0 Å². The van der Waals surface area contributed by atoms with Crippen molar-refractivity contribution in [3.8, 4) is 0 Å². The number of rotatable bonds is 6. The standard InChI is InChI=1S/C19H32N4.HI/c1-5-17(6-2)18-10-12-23(14-18)19(20-4)21-11-9-16-8-7-15(3)22-13-16;/h7-8,13,17-18H,5-6,9-12,14H2,1-4H3,(H,20,21);1H. The van der Waals surface area contributed by atoms with E-state index in [1.165, 1.54) is 24.8 Å². The third-order valence-corrected chi connectivity index (χ3v) is 5.12. The molecule has 0 saturated carbocycles. The number of aryl methyl sites for hydroxylation is 1. The van der Waals surface area contributed by atoms with Crippen molar-refractivity contribution < 1.29 is 0 Å². The van der Waals surface area contributed by atoms with Crippen LogP contribution in [0.25, 0.3) is 0 Å². The van der Waals surface area contributed by atoms with Gasteiger partial charge in [-0.25, -0.2) is 0 Å². The number of halogens is 1. The van der Waals surface area contributed by atoms with E-state index in [1.54, 1.807) is 0 Å². The summed E-state index contributed by atoms with van der Waals surface area (Å²) in [5, 5.41) is 3.52. The molecule has 0 aliphatic carbocycles. The Labute approximate surface area is 164 Å². The molecule has 1 fully saturated rings. The van der Waals surface area contributed by atoms with Crippen molar-refractivity contribution in [2.45, 2.75) is 46.5 Å². The molecule has 1 aromatic rings. The summed E-state index contributed by atoms with van der Waals surface area (Å²) >= 11 is 0. The molecule has 1 unspecified atom stereocenters. The van der Waals surface area contributed by atoms with Gasteiger partial charge in [-0.15, -0.1) is 24.0 Å². The second kappa shape index (κ2) is 10.9. The third kappa shape index (κ3) is 5.90. The molecule has 1 aromatic heterocycles. The normalized spacial score (nSPS) is 18.0. The number of hydrogen-bond donors (Lipinski definition) is 1. The van der Waals surface area contributed by atoms with E-state index in [9.17, 15) is 0 Å². The molecule has 4 nitrogen and oxygen atoms in total. The highest BCUT2D eigenvalue weighted by molar-refractivity contribution is 14.0. The first-order valence-corrected chi connectivity index (χ1v) is 9.05. The van der Waals surface area contributed by atoms with Gasteiger partial charge in [0.25, 0.3) is 0 Å². The van der Waals surface area contributed by atoms with E-state index in [2.05, 4.69) is 46.2 Å². The summed E-state index contributed by atoms with van der Waals surface area (Å²) in [6.45, 7) is 9.85. The number of guanidine groups is 1. The first-order valence-electron chi connectivity index (χ1n) is 9.05. The zero-order chi connectivity index (χ0) is 16.7. The lowest BCUT2D eigenvalue weighted by molar-refractivity contribution is 0.319. The van der Waals surface area contributed by atoms with Gasteiger partial charge in [-0.05, 0) is 43.2 Å². The molecule has 2 rings (SSSR count). The fraction of sp³-hybridized carbons (Fsp3) is 0.684. The number of aliphatic imine (C=N–C) groups is 1. The molecule has 1 aliphatic heterocycles. The number of pyridine rings is 1. The van der Waals surface area contributed by atoms with Crippen LogP contribution in [0, 0.1) is 18.8 Å². The van der Waals surface area contributed by atoms with Crippen LogP contribution in [0.1, 0.15) is 44.4 Å². The van der Waals surface area contributed by atoms with E-state index in [0.29, 0.717) is 0 Å². The van der Waals surface area contributed by atoms with Crippen LogP contribution in [-0.4, -0.2) is 42.5 Å². The summed E-state index contributed by atoms with van der Waals surface area (Å²) in [6.07, 6.45) is 6.84. The van der Waals surface area contributed by atoms with Crippen LogP contribution < -0.4 is 5.32 Å². The second-order valence-electron chi connectivity index (χ2n) is 6.60. The maximum absolute atomic E-state index is 4.48. The van der Waals surface area contributed by atoms with Crippen molar-refractivity contribution >= 4 is 29.9 Å². The predicted molar refractivity (Wildman–Crippen MR) is 113 cm³/mol. The van der Waals surface area contributed by atoms with E-state index in [0.717, 1.165) is 49.5 Å². The van der Waals surface area contributed by atoms with Gasteiger partial charge in [-0.3, -0.25) is 9.98 Å². The van der Waals surface area contributed by atoms with Gasteiger partial charge in [-0.2, -0.15) is 0 Å². The minimum absolute atomic E-state index is 0. The van der Waals surface area contributed by atoms with Crippen LogP contribution in [0.3, 0.4) is 0 Å². The topological polar surface area (TPSA) is 40.5 Å². The van der Waals surface area contributed by atoms with Gasteiger partial charge in [0.15, 0.2) is 5.96 Å². The Morgan fingerprint density at radius 2 is 2.12 bits per heavy atom. The van der Waals surface area contributed by atoms with Gasteiger partial charge in [0.2, 0.25) is 0 Å². The van der Waals surface area contributed by atoms with Crippen LogP contribution in [0.4, 0.5) is 0 Å². The molecule has 1 atom stereocenters. The van der Waals surface area contributed by atoms with E-state index in [-0.39, 0.29) is 24.0 Å². The van der Waals surface area contributed by atoms with Crippen molar-refractivity contribution in [1.82, 2.24) is 15.2 Å². The quantitative estimate of drug-likeness (QED) is 0.411. The molecule has 136 valence electrons. The lowest BCUT2D eigenvalue weighted by Gasteiger charge is -2.24. The highest BCUT2D eigenvalue weighted by Crippen LogP contribution is 2.28. The van der Waals surface area contributed by atoms with Gasteiger partial charge >= 0.3 is 0 Å². The molecule has 1 aliphatic rings. The molecule has 0 amide bonds. The van der Waals surface area contributed by atoms with Crippen molar-refractivity contribution in [1.29, 1.82) is 0 Å². The Morgan fingerprint density at radius 1 is 1.38 bits per heavy atom. The van der Waals surface area contributed by atoms with Crippen LogP contribution >= 0.6 is 24.0 Å². The third-order valence-electron chi connectivity index (χ3n) is 5.12. The number of nitrogens with zero attached hydrogens (tertiary/aromatic N) is 3. The Morgan fingerprint density at radius 3 is 2.71 bits per heavy atom. The van der Waals surface area contributed by atoms with Gasteiger partial charge in [0, 0.05) is 38.6 Å². The van der Waals surface area contributed by atoms with Gasteiger partial charge in [0.05, 0.1) is 0 Å². The first kappa shape index (κ1) is 21.2. The predicted octanol–water partition coefficient (Wildman–Crippen LogP) is 3.88. The summed E-state index contributed by atoms with van der Waals surface area (Å²) in [6, 6.07) is 4.23. The molecule has 2 heterocycles. The lowest BCUT2D eigenvalue weighted by atomic mass is 9.87. The van der Waals surface area contributed by atoms with Crippen molar-refractivity contribution in [2.75, 3.05) is 26.7 Å². The largest absolute Gasteiger partial charge is 0.356 e. The highest BCUT2D eigenvalue weighted by Gasteiger charge is 2.29. The molecule has 1 N–H and O–H groups in total. The molecule has 1 saturated heterocycles. The zero-order valence-electron chi connectivity index (χ0n) is 15.6. The number of aromatic nitrogens is 1. The molecule has 0 spiro atoms. The highest BCUT2D eigenvalue weighted by atomic mass is 127. The summed E-state index contributed by atoms with van der Waals surface area (Å²) in [5.74, 6) is 2.74. The minimum Gasteiger partial charge on any atom is -0.356 e. The Balaban J connectivity index is 0.00000288. The molecule has 0 aromatic carbocycles. The Kier molecular flexibility index (Phi) is 9.63. The molecule has 24 heavy (non-hydrogen) atoms. The SMILES string of the molecule is CCC(CC)C1CCN(C(=NC)NCCc2ccc(C)nc2)C1.I. The Bertz CT molecular complexity index is 497. The van der Waals surface area contributed by atoms with Crippen LogP contribution in [0.15, 0.2) is 23.3 Å². The summed E-state index contributed by atoms with van der Waals surface area (Å²) in [5.41, 5.74) is 2.34. The van der Waals surface area contributed by atoms with Crippen LogP contribution in [-0.2, 0) is 6.42 Å². The fourth-order valence-corrected chi connectivity index (χ4v) is 3.62. The van der Waals surface area contributed by atoms with Gasteiger partial charge in [0.1, 0.15) is 0 Å². The molecule has 0 bridgehead atoms. The van der Waals surface area contributed by atoms with Gasteiger partial charge < -0.3 is 10.2 Å². The fourth-order valence-electron chi connectivity index (χ4n) is 3.62. The van der Waals surface area contributed by atoms with Crippen LogP contribution in [0.5, 0.6) is 0 Å². The van der Waals surface area contributed by atoms with Crippen LogP contribution in [0.2, 0.25) is 0 Å². The maximum Gasteiger partial charge on any atom is 0.193 e. The molecular weight excluding hydrogens is 411 g/mol. The molecule has 5 heteroatoms. The average Bonchev–Trinajstić information content (AvgIpc) is 3.04. The monoisotopic (exact) mass is 444 g/mol.